The minimum atomic E-state index is 0.349. The molecule has 18 heavy (non-hydrogen) atoms. The third-order valence-electron chi connectivity index (χ3n) is 4.33. The number of carbonyl (C=O) groups excluding carboxylic acids is 1. The zero-order chi connectivity index (χ0) is 12.8. The summed E-state index contributed by atoms with van der Waals surface area (Å²) < 4.78 is 2.79. The molecule has 1 saturated heterocycles. The summed E-state index contributed by atoms with van der Waals surface area (Å²) in [5.41, 5.74) is 3.58. The molecule has 0 N–H and O–H groups in total. The average Bonchev–Trinajstić information content (AvgIpc) is 2.88. The Morgan fingerprint density at radius 3 is 2.94 bits per heavy atom. The third-order valence-corrected chi connectivity index (χ3v) is 5.85. The Labute approximate surface area is 113 Å². The predicted molar refractivity (Wildman–Crippen MR) is 76.5 cm³/mol. The molecule has 0 amide bonds. The van der Waals surface area contributed by atoms with Crippen LogP contribution in [0.25, 0.3) is 0 Å². The van der Waals surface area contributed by atoms with Gasteiger partial charge in [0.2, 0.25) is 0 Å². The van der Waals surface area contributed by atoms with Crippen molar-refractivity contribution < 1.29 is 4.79 Å². The van der Waals surface area contributed by atoms with E-state index in [2.05, 4.69) is 36.2 Å². The topological polar surface area (TPSA) is 22.0 Å². The van der Waals surface area contributed by atoms with Gasteiger partial charge in [0.05, 0.1) is 0 Å². The summed E-state index contributed by atoms with van der Waals surface area (Å²) in [6, 6.07) is 2.11. The summed E-state index contributed by atoms with van der Waals surface area (Å²) in [5.74, 6) is 1.64. The second-order valence-corrected chi connectivity index (χ2v) is 7.59. The van der Waals surface area contributed by atoms with Gasteiger partial charge in [-0.15, -0.1) is 0 Å². The summed E-state index contributed by atoms with van der Waals surface area (Å²) >= 11 is 2.10. The number of carbonyl (C=O) groups is 1. The normalized spacial score (nSPS) is 27.6. The average molecular weight is 263 g/mol. The van der Waals surface area contributed by atoms with Gasteiger partial charge >= 0.3 is 0 Å². The Hall–Kier alpha value is -0.700. The highest BCUT2D eigenvalue weighted by molar-refractivity contribution is 8.00. The summed E-state index contributed by atoms with van der Waals surface area (Å²) in [6.45, 7) is 5.60. The highest BCUT2D eigenvalue weighted by Crippen LogP contribution is 2.40. The van der Waals surface area contributed by atoms with Gasteiger partial charge in [0.15, 0.2) is 5.78 Å². The molecular formula is C15H21NOS. The van der Waals surface area contributed by atoms with E-state index in [1.807, 2.05) is 0 Å². The van der Waals surface area contributed by atoms with Crippen molar-refractivity contribution in [3.63, 3.8) is 0 Å². The summed E-state index contributed by atoms with van der Waals surface area (Å²) in [4.78, 5) is 11.9. The van der Waals surface area contributed by atoms with Gasteiger partial charge in [-0.1, -0.05) is 0 Å². The van der Waals surface area contributed by atoms with Gasteiger partial charge in [-0.25, -0.2) is 0 Å². The number of thioether (sulfide) groups is 1. The number of aromatic nitrogens is 1. The molecule has 1 aliphatic carbocycles. The molecule has 1 fully saturated rings. The number of ketones is 1. The van der Waals surface area contributed by atoms with Crippen LogP contribution >= 0.6 is 11.8 Å². The molecule has 0 saturated carbocycles. The quantitative estimate of drug-likeness (QED) is 0.813. The SMILES string of the molecule is Cc1cc2c(n1CC1(C)CCCS1)CCCC2=O. The lowest BCUT2D eigenvalue weighted by Crippen LogP contribution is -2.26. The standard InChI is InChI=1S/C15H21NOS/c1-11-9-12-13(5-3-6-14(12)17)16(11)10-15(2)7-4-8-18-15/h9H,3-8,10H2,1-2H3. The first-order valence-corrected chi connectivity index (χ1v) is 7.94. The first-order chi connectivity index (χ1) is 8.59. The van der Waals surface area contributed by atoms with E-state index in [1.165, 1.54) is 30.0 Å². The second kappa shape index (κ2) is 4.44. The van der Waals surface area contributed by atoms with Crippen molar-refractivity contribution in [3.8, 4) is 0 Å². The van der Waals surface area contributed by atoms with E-state index < -0.39 is 0 Å². The van der Waals surface area contributed by atoms with Gasteiger partial charge in [-0.05, 0) is 51.3 Å². The van der Waals surface area contributed by atoms with Crippen LogP contribution in [0, 0.1) is 6.92 Å². The molecule has 2 aliphatic rings. The van der Waals surface area contributed by atoms with Crippen molar-refractivity contribution in [3.05, 3.63) is 23.0 Å². The number of nitrogens with zero attached hydrogens (tertiary/aromatic N) is 1. The van der Waals surface area contributed by atoms with Gasteiger partial charge in [0.1, 0.15) is 0 Å². The van der Waals surface area contributed by atoms with E-state index in [0.29, 0.717) is 10.5 Å². The van der Waals surface area contributed by atoms with Crippen LogP contribution in [0.15, 0.2) is 6.07 Å². The maximum Gasteiger partial charge on any atom is 0.164 e. The van der Waals surface area contributed by atoms with Crippen LogP contribution in [0.1, 0.15) is 54.4 Å². The van der Waals surface area contributed by atoms with Crippen LogP contribution in [0.4, 0.5) is 0 Å². The Balaban J connectivity index is 1.94. The summed E-state index contributed by atoms with van der Waals surface area (Å²) in [5, 5.41) is 0. The van der Waals surface area contributed by atoms with E-state index in [9.17, 15) is 4.79 Å². The fraction of sp³-hybridized carbons (Fsp3) is 0.667. The lowest BCUT2D eigenvalue weighted by molar-refractivity contribution is 0.0971. The fourth-order valence-corrected chi connectivity index (χ4v) is 4.60. The first kappa shape index (κ1) is 12.3. The molecule has 0 radical (unpaired) electrons. The Morgan fingerprint density at radius 1 is 1.39 bits per heavy atom. The molecule has 0 aromatic carbocycles. The van der Waals surface area contributed by atoms with Gasteiger partial charge in [-0.3, -0.25) is 4.79 Å². The smallest absolute Gasteiger partial charge is 0.164 e. The van der Waals surface area contributed by atoms with Crippen LogP contribution < -0.4 is 0 Å². The minimum absolute atomic E-state index is 0.349. The molecule has 2 nitrogen and oxygen atoms in total. The Bertz CT molecular complexity index is 483. The van der Waals surface area contributed by atoms with E-state index in [4.69, 9.17) is 0 Å². The lowest BCUT2D eigenvalue weighted by Gasteiger charge is -2.26. The van der Waals surface area contributed by atoms with E-state index in [-0.39, 0.29) is 0 Å². The molecule has 1 aromatic heterocycles. The number of rotatable bonds is 2. The van der Waals surface area contributed by atoms with Crippen molar-refractivity contribution in [1.29, 1.82) is 0 Å². The summed E-state index contributed by atoms with van der Waals surface area (Å²) in [7, 11) is 0. The molecule has 3 heteroatoms. The van der Waals surface area contributed by atoms with Crippen molar-refractivity contribution in [2.45, 2.75) is 57.2 Å². The van der Waals surface area contributed by atoms with Crippen LogP contribution in [0.5, 0.6) is 0 Å². The van der Waals surface area contributed by atoms with Crippen molar-refractivity contribution in [2.75, 3.05) is 5.75 Å². The maximum absolute atomic E-state index is 11.9. The number of aryl methyl sites for hydroxylation is 1. The molecule has 1 aliphatic heterocycles. The number of hydrogen-bond acceptors (Lipinski definition) is 2. The Kier molecular flexibility index (Phi) is 3.05. The van der Waals surface area contributed by atoms with Crippen LogP contribution in [0.3, 0.4) is 0 Å². The molecule has 1 atom stereocenters. The molecule has 98 valence electrons. The fourth-order valence-electron chi connectivity index (χ4n) is 3.31. The monoisotopic (exact) mass is 263 g/mol. The molecule has 1 unspecified atom stereocenters. The van der Waals surface area contributed by atoms with Crippen LogP contribution in [-0.4, -0.2) is 20.9 Å². The molecule has 2 heterocycles. The third kappa shape index (κ3) is 2.03. The van der Waals surface area contributed by atoms with E-state index >= 15 is 0 Å². The number of fused-ring (bicyclic) bond motifs is 1. The lowest BCUT2D eigenvalue weighted by atomic mass is 9.96. The second-order valence-electron chi connectivity index (χ2n) is 5.91. The van der Waals surface area contributed by atoms with Crippen molar-refractivity contribution >= 4 is 17.5 Å². The molecular weight excluding hydrogens is 242 g/mol. The molecule has 0 bridgehead atoms. The van der Waals surface area contributed by atoms with Crippen molar-refractivity contribution in [1.82, 2.24) is 4.57 Å². The molecule has 0 spiro atoms. The van der Waals surface area contributed by atoms with E-state index in [0.717, 1.165) is 31.4 Å². The van der Waals surface area contributed by atoms with E-state index in [1.54, 1.807) is 0 Å². The van der Waals surface area contributed by atoms with Gasteiger partial charge in [-0.2, -0.15) is 11.8 Å². The zero-order valence-corrected chi connectivity index (χ0v) is 12.1. The predicted octanol–water partition coefficient (Wildman–Crippen LogP) is 3.60. The number of Topliss-reactive ketones (excluding diaryl/α,β-unsaturated/α-hetero) is 1. The highest BCUT2D eigenvalue weighted by atomic mass is 32.2. The molecule has 1 aromatic rings. The minimum Gasteiger partial charge on any atom is -0.347 e. The van der Waals surface area contributed by atoms with Crippen LogP contribution in [0.2, 0.25) is 0 Å². The number of hydrogen-bond donors (Lipinski definition) is 0. The highest BCUT2D eigenvalue weighted by Gasteiger charge is 2.32. The van der Waals surface area contributed by atoms with Gasteiger partial charge in [0, 0.05) is 34.7 Å². The van der Waals surface area contributed by atoms with Crippen molar-refractivity contribution in [2.24, 2.45) is 0 Å². The maximum atomic E-state index is 11.9. The largest absolute Gasteiger partial charge is 0.347 e. The van der Waals surface area contributed by atoms with Gasteiger partial charge < -0.3 is 4.57 Å². The first-order valence-electron chi connectivity index (χ1n) is 6.95. The molecule has 3 rings (SSSR count). The van der Waals surface area contributed by atoms with Gasteiger partial charge in [0.25, 0.3) is 0 Å². The van der Waals surface area contributed by atoms with Crippen LogP contribution in [-0.2, 0) is 13.0 Å². The Morgan fingerprint density at radius 2 is 2.22 bits per heavy atom. The zero-order valence-electron chi connectivity index (χ0n) is 11.3. The summed E-state index contributed by atoms with van der Waals surface area (Å²) in [6.07, 6.45) is 5.48.